The Kier molecular flexibility index (Phi) is 5.13. The van der Waals surface area contributed by atoms with E-state index in [0.717, 1.165) is 22.6 Å². The zero-order valence-corrected chi connectivity index (χ0v) is 15.1. The predicted octanol–water partition coefficient (Wildman–Crippen LogP) is 3.23. The van der Waals surface area contributed by atoms with Crippen molar-refractivity contribution >= 4 is 5.82 Å². The highest BCUT2D eigenvalue weighted by molar-refractivity contribution is 5.59. The molecule has 8 heteroatoms. The molecule has 2 aromatic heterocycles. The van der Waals surface area contributed by atoms with Gasteiger partial charge in [-0.1, -0.05) is 0 Å². The molecule has 0 amide bonds. The summed E-state index contributed by atoms with van der Waals surface area (Å²) in [4.78, 5) is 16.9. The highest BCUT2D eigenvalue weighted by Crippen LogP contribution is 2.27. The van der Waals surface area contributed by atoms with Crippen molar-refractivity contribution in [2.45, 2.75) is 33.0 Å². The number of anilines is 1. The number of hydrogen-bond acceptors (Lipinski definition) is 5. The summed E-state index contributed by atoms with van der Waals surface area (Å²) in [5.74, 6) is 1.37. The van der Waals surface area contributed by atoms with E-state index in [9.17, 15) is 13.2 Å². The molecule has 3 heterocycles. The van der Waals surface area contributed by atoms with Gasteiger partial charge in [-0.3, -0.25) is 9.88 Å². The highest BCUT2D eigenvalue weighted by Gasteiger charge is 2.35. The summed E-state index contributed by atoms with van der Waals surface area (Å²) in [6.45, 7) is 6.18. The van der Waals surface area contributed by atoms with Gasteiger partial charge >= 0.3 is 6.18 Å². The fourth-order valence-corrected chi connectivity index (χ4v) is 3.20. The van der Waals surface area contributed by atoms with Gasteiger partial charge in [-0.2, -0.15) is 13.2 Å². The van der Waals surface area contributed by atoms with E-state index in [4.69, 9.17) is 4.98 Å². The maximum absolute atomic E-state index is 12.7. The molecule has 1 atom stereocenters. The second kappa shape index (κ2) is 7.19. The van der Waals surface area contributed by atoms with Gasteiger partial charge < -0.3 is 4.90 Å². The second-order valence-electron chi connectivity index (χ2n) is 6.70. The largest absolute Gasteiger partial charge is 0.401 e. The summed E-state index contributed by atoms with van der Waals surface area (Å²) in [7, 11) is 0. The predicted molar refractivity (Wildman–Crippen MR) is 94.0 cm³/mol. The lowest BCUT2D eigenvalue weighted by molar-refractivity contribution is -0.150. The van der Waals surface area contributed by atoms with Crippen molar-refractivity contribution in [3.63, 3.8) is 0 Å². The Morgan fingerprint density at radius 3 is 2.58 bits per heavy atom. The van der Waals surface area contributed by atoms with Crippen molar-refractivity contribution in [1.82, 2.24) is 19.9 Å². The van der Waals surface area contributed by atoms with Crippen molar-refractivity contribution in [2.24, 2.45) is 0 Å². The second-order valence-corrected chi connectivity index (χ2v) is 6.70. The van der Waals surface area contributed by atoms with Crippen LogP contribution in [0.3, 0.4) is 0 Å². The smallest absolute Gasteiger partial charge is 0.353 e. The average molecular weight is 365 g/mol. The molecule has 2 aromatic rings. The van der Waals surface area contributed by atoms with Crippen LogP contribution in [-0.2, 0) is 0 Å². The molecule has 140 valence electrons. The van der Waals surface area contributed by atoms with E-state index in [1.807, 2.05) is 32.9 Å². The number of alkyl halides is 3. The first-order valence-electron chi connectivity index (χ1n) is 8.56. The number of aryl methyl sites for hydroxylation is 1. The molecule has 0 aliphatic carbocycles. The van der Waals surface area contributed by atoms with Gasteiger partial charge in [-0.05, 0) is 32.9 Å². The van der Waals surface area contributed by atoms with Crippen LogP contribution in [0.5, 0.6) is 0 Å². The number of rotatable bonds is 3. The maximum atomic E-state index is 12.7. The fraction of sp³-hybridized carbons (Fsp3) is 0.500. The fourth-order valence-electron chi connectivity index (χ4n) is 3.20. The van der Waals surface area contributed by atoms with Gasteiger partial charge in [-0.25, -0.2) is 9.97 Å². The average Bonchev–Trinajstić information content (AvgIpc) is 2.59. The molecule has 0 bridgehead atoms. The molecule has 1 fully saturated rings. The lowest BCUT2D eigenvalue weighted by atomic mass is 10.1. The lowest BCUT2D eigenvalue weighted by Gasteiger charge is -2.41. The Labute approximate surface area is 150 Å². The SMILES string of the molecule is Cc1nc(-c2cccnc2)nc(N2CCN(CC(F)(F)F)C(C)C2)c1C. The lowest BCUT2D eigenvalue weighted by Crippen LogP contribution is -2.54. The Morgan fingerprint density at radius 1 is 1.19 bits per heavy atom. The zero-order valence-electron chi connectivity index (χ0n) is 15.1. The third-order valence-electron chi connectivity index (χ3n) is 4.73. The van der Waals surface area contributed by atoms with E-state index in [1.165, 1.54) is 4.90 Å². The molecule has 5 nitrogen and oxygen atoms in total. The van der Waals surface area contributed by atoms with E-state index in [2.05, 4.69) is 14.9 Å². The first-order chi connectivity index (χ1) is 12.2. The molecule has 0 saturated carbocycles. The summed E-state index contributed by atoms with van der Waals surface area (Å²) < 4.78 is 38.1. The first kappa shape index (κ1) is 18.6. The molecule has 1 saturated heterocycles. The van der Waals surface area contributed by atoms with Gasteiger partial charge in [0.15, 0.2) is 5.82 Å². The molecule has 1 aliphatic heterocycles. The number of piperazine rings is 1. The minimum absolute atomic E-state index is 0.207. The molecular formula is C18H22F3N5. The molecule has 0 N–H and O–H groups in total. The van der Waals surface area contributed by atoms with Gasteiger partial charge in [0.1, 0.15) is 5.82 Å². The van der Waals surface area contributed by atoms with E-state index < -0.39 is 12.7 Å². The van der Waals surface area contributed by atoms with Crippen molar-refractivity contribution in [2.75, 3.05) is 31.1 Å². The maximum Gasteiger partial charge on any atom is 0.401 e. The van der Waals surface area contributed by atoms with Gasteiger partial charge in [-0.15, -0.1) is 0 Å². The number of hydrogen-bond donors (Lipinski definition) is 0. The number of nitrogens with zero attached hydrogens (tertiary/aromatic N) is 5. The van der Waals surface area contributed by atoms with Crippen LogP contribution in [0, 0.1) is 13.8 Å². The quantitative estimate of drug-likeness (QED) is 0.836. The highest BCUT2D eigenvalue weighted by atomic mass is 19.4. The summed E-state index contributed by atoms with van der Waals surface area (Å²) in [6, 6.07) is 3.51. The summed E-state index contributed by atoms with van der Waals surface area (Å²) in [5, 5.41) is 0. The molecule has 1 unspecified atom stereocenters. The van der Waals surface area contributed by atoms with Crippen LogP contribution < -0.4 is 4.90 Å². The van der Waals surface area contributed by atoms with Crippen molar-refractivity contribution < 1.29 is 13.2 Å². The molecule has 3 rings (SSSR count). The van der Waals surface area contributed by atoms with E-state index in [-0.39, 0.29) is 6.04 Å². The Balaban J connectivity index is 1.85. The van der Waals surface area contributed by atoms with E-state index in [1.54, 1.807) is 12.4 Å². The molecule has 1 aliphatic rings. The van der Waals surface area contributed by atoms with Crippen LogP contribution in [0.1, 0.15) is 18.2 Å². The van der Waals surface area contributed by atoms with Crippen LogP contribution in [0.25, 0.3) is 11.4 Å². The number of halogens is 3. The third kappa shape index (κ3) is 4.12. The van der Waals surface area contributed by atoms with Gasteiger partial charge in [0.05, 0.1) is 6.54 Å². The topological polar surface area (TPSA) is 45.2 Å². The Morgan fingerprint density at radius 2 is 1.96 bits per heavy atom. The number of aromatic nitrogens is 3. The van der Waals surface area contributed by atoms with Gasteiger partial charge in [0, 0.05) is 54.9 Å². The zero-order chi connectivity index (χ0) is 18.9. The first-order valence-corrected chi connectivity index (χ1v) is 8.56. The number of pyridine rings is 1. The Hall–Kier alpha value is -2.22. The summed E-state index contributed by atoms with van der Waals surface area (Å²) in [5.41, 5.74) is 2.63. The van der Waals surface area contributed by atoms with Crippen molar-refractivity contribution in [3.05, 3.63) is 35.8 Å². The van der Waals surface area contributed by atoms with E-state index in [0.29, 0.717) is 25.5 Å². The monoisotopic (exact) mass is 365 g/mol. The minimum Gasteiger partial charge on any atom is -0.353 e. The standard InChI is InChI=1S/C18H22F3N5/c1-12-10-25(7-8-26(12)11-18(19,20)21)17-13(2)14(3)23-16(24-17)15-5-4-6-22-9-15/h4-6,9,12H,7-8,10-11H2,1-3H3. The third-order valence-corrected chi connectivity index (χ3v) is 4.73. The van der Waals surface area contributed by atoms with Crippen LogP contribution in [0.2, 0.25) is 0 Å². The Bertz CT molecular complexity index is 763. The molecule has 0 radical (unpaired) electrons. The molecule has 0 aromatic carbocycles. The van der Waals surface area contributed by atoms with Crippen LogP contribution >= 0.6 is 0 Å². The summed E-state index contributed by atoms with van der Waals surface area (Å²) in [6.07, 6.45) is -0.782. The van der Waals surface area contributed by atoms with Crippen LogP contribution in [-0.4, -0.2) is 58.2 Å². The van der Waals surface area contributed by atoms with E-state index >= 15 is 0 Å². The van der Waals surface area contributed by atoms with Crippen molar-refractivity contribution in [3.8, 4) is 11.4 Å². The summed E-state index contributed by atoms with van der Waals surface area (Å²) >= 11 is 0. The van der Waals surface area contributed by atoms with Gasteiger partial charge in [0.2, 0.25) is 0 Å². The normalized spacial score (nSPS) is 19.0. The molecule has 26 heavy (non-hydrogen) atoms. The molecule has 0 spiro atoms. The van der Waals surface area contributed by atoms with Crippen LogP contribution in [0.4, 0.5) is 19.0 Å². The van der Waals surface area contributed by atoms with Crippen molar-refractivity contribution in [1.29, 1.82) is 0 Å². The molecular weight excluding hydrogens is 343 g/mol. The van der Waals surface area contributed by atoms with Crippen LogP contribution in [0.15, 0.2) is 24.5 Å². The minimum atomic E-state index is -4.18. The van der Waals surface area contributed by atoms with Gasteiger partial charge in [0.25, 0.3) is 0 Å².